The van der Waals surface area contributed by atoms with E-state index in [0.29, 0.717) is 34.8 Å². The molecule has 1 N–H and O–H groups in total. The van der Waals surface area contributed by atoms with Crippen LogP contribution in [0.5, 0.6) is 0 Å². The summed E-state index contributed by atoms with van der Waals surface area (Å²) in [5.74, 6) is 1.18. The van der Waals surface area contributed by atoms with Crippen LogP contribution in [0.2, 0.25) is 0 Å². The van der Waals surface area contributed by atoms with Crippen LogP contribution in [0.3, 0.4) is 0 Å². The Labute approximate surface area is 235 Å². The van der Waals surface area contributed by atoms with Crippen LogP contribution in [0.25, 0.3) is 5.70 Å². The molecule has 2 aliphatic carbocycles. The fourth-order valence-corrected chi connectivity index (χ4v) is 5.43. The molecule has 0 unspecified atom stereocenters. The molecule has 0 radical (unpaired) electrons. The van der Waals surface area contributed by atoms with Crippen LogP contribution < -0.4 is 5.32 Å². The number of allylic oxidation sites excluding steroid dienone is 1. The quantitative estimate of drug-likeness (QED) is 0.516. The Hall–Kier alpha value is -3.73. The highest BCUT2D eigenvalue weighted by molar-refractivity contribution is 7.90. The molecular formula is C29H35N7O3S. The minimum absolute atomic E-state index is 0.0797. The van der Waals surface area contributed by atoms with Crippen molar-refractivity contribution in [3.8, 4) is 0 Å². The van der Waals surface area contributed by atoms with E-state index in [4.69, 9.17) is 9.98 Å². The number of hydrogen-bond acceptors (Lipinski definition) is 9. The van der Waals surface area contributed by atoms with Gasteiger partial charge in [0.15, 0.2) is 21.5 Å². The second-order valence-corrected chi connectivity index (χ2v) is 13.1. The van der Waals surface area contributed by atoms with Gasteiger partial charge in [0.1, 0.15) is 12.0 Å². The van der Waals surface area contributed by atoms with Gasteiger partial charge in [0.05, 0.1) is 34.2 Å². The lowest BCUT2D eigenvalue weighted by Crippen LogP contribution is -2.54. The second-order valence-electron chi connectivity index (χ2n) is 11.0. The fourth-order valence-electron chi connectivity index (χ4n) is 4.87. The summed E-state index contributed by atoms with van der Waals surface area (Å²) < 4.78 is 23.5. The van der Waals surface area contributed by atoms with Crippen LogP contribution in [0.1, 0.15) is 75.0 Å². The zero-order chi connectivity index (χ0) is 28.8. The zero-order valence-corrected chi connectivity index (χ0v) is 24.4. The van der Waals surface area contributed by atoms with Gasteiger partial charge in [-0.15, -0.1) is 0 Å². The Bertz CT molecular complexity index is 1560. The Kier molecular flexibility index (Phi) is 7.43. The lowest BCUT2D eigenvalue weighted by atomic mass is 10.0. The summed E-state index contributed by atoms with van der Waals surface area (Å²) in [4.78, 5) is 38.7. The summed E-state index contributed by atoms with van der Waals surface area (Å²) >= 11 is 0. The number of amidine groups is 2. The van der Waals surface area contributed by atoms with E-state index < -0.39 is 9.84 Å². The van der Waals surface area contributed by atoms with Gasteiger partial charge in [0.25, 0.3) is 5.91 Å². The largest absolute Gasteiger partial charge is 0.360 e. The van der Waals surface area contributed by atoms with Gasteiger partial charge < -0.3 is 5.32 Å². The third kappa shape index (κ3) is 5.74. The molecule has 210 valence electrons. The van der Waals surface area contributed by atoms with Crippen molar-refractivity contribution in [2.45, 2.75) is 76.8 Å². The van der Waals surface area contributed by atoms with Crippen LogP contribution in [0.15, 0.2) is 57.4 Å². The number of aliphatic imine (C=N–C) groups is 2. The Morgan fingerprint density at radius 2 is 1.90 bits per heavy atom. The van der Waals surface area contributed by atoms with Crippen LogP contribution in [-0.4, -0.2) is 58.1 Å². The van der Waals surface area contributed by atoms with Crippen LogP contribution >= 0.6 is 0 Å². The smallest absolute Gasteiger partial charge is 0.295 e. The molecule has 2 aromatic heterocycles. The van der Waals surface area contributed by atoms with E-state index in [1.165, 1.54) is 12.3 Å². The van der Waals surface area contributed by atoms with Crippen molar-refractivity contribution in [3.63, 3.8) is 0 Å². The standard InChI is InChI=1S/C29H35N7O3S/c1-16(2)25-28(34-18(4)24-17(3)32-15-33-26(24)21-9-10-21)36(19(5)20-7-8-20)29(37)27(35-25)31-13-22-11-12-23(14-30-22)40(6,38)39/h11-12,14-15,19-21H,4,7-10,13H2,1-3,5-6H3,(H,31,35)/b34-28+/t19-/m0/s1. The normalized spacial score (nSPS) is 19.5. The van der Waals surface area contributed by atoms with Crippen molar-refractivity contribution in [2.75, 3.05) is 6.26 Å². The Balaban J connectivity index is 1.50. The third-order valence-corrected chi connectivity index (χ3v) is 8.59. The van der Waals surface area contributed by atoms with Gasteiger partial charge in [-0.1, -0.05) is 6.58 Å². The predicted molar refractivity (Wildman–Crippen MR) is 154 cm³/mol. The van der Waals surface area contributed by atoms with Gasteiger partial charge >= 0.3 is 0 Å². The number of hydrogen-bond donors (Lipinski definition) is 1. The predicted octanol–water partition coefficient (Wildman–Crippen LogP) is 3.95. The highest BCUT2D eigenvalue weighted by Gasteiger charge is 2.42. The van der Waals surface area contributed by atoms with Gasteiger partial charge in [-0.2, -0.15) is 0 Å². The average molecular weight is 562 g/mol. The molecule has 1 amide bonds. The van der Waals surface area contributed by atoms with E-state index in [9.17, 15) is 13.2 Å². The van der Waals surface area contributed by atoms with Gasteiger partial charge in [0, 0.05) is 30.0 Å². The summed E-state index contributed by atoms with van der Waals surface area (Å²) in [6.07, 6.45) is 8.32. The second kappa shape index (κ2) is 10.7. The number of pyridine rings is 1. The first-order valence-corrected chi connectivity index (χ1v) is 15.4. The maximum Gasteiger partial charge on any atom is 0.295 e. The number of carbonyl (C=O) groups excluding carboxylic acids is 1. The number of nitrogens with zero attached hydrogens (tertiary/aromatic N) is 6. The number of nitrogens with one attached hydrogen (secondary N) is 1. The topological polar surface area (TPSA) is 130 Å². The van der Waals surface area contributed by atoms with E-state index in [1.807, 2.05) is 20.8 Å². The Morgan fingerprint density at radius 3 is 2.48 bits per heavy atom. The summed E-state index contributed by atoms with van der Waals surface area (Å²) in [6.45, 7) is 12.4. The molecule has 2 aromatic rings. The first kappa shape index (κ1) is 27.8. The first-order valence-electron chi connectivity index (χ1n) is 13.5. The van der Waals surface area contributed by atoms with Crippen molar-refractivity contribution in [1.82, 2.24) is 25.2 Å². The van der Waals surface area contributed by atoms with Crippen molar-refractivity contribution in [2.24, 2.45) is 15.9 Å². The SMILES string of the molecule is C=C(/N=C1\C(=C(C)C)N=C(NCc2ccc(S(C)(=O)=O)cn2)C(=O)N1[C@@H](C)C1CC1)c1c(C)ncnc1C1CC1. The van der Waals surface area contributed by atoms with Crippen molar-refractivity contribution >= 4 is 33.1 Å². The maximum absolute atomic E-state index is 13.9. The molecule has 0 spiro atoms. The fraction of sp³-hybridized carbons (Fsp3) is 0.448. The summed E-state index contributed by atoms with van der Waals surface area (Å²) in [5, 5.41) is 3.14. The first-order chi connectivity index (χ1) is 19.0. The molecule has 0 bridgehead atoms. The minimum Gasteiger partial charge on any atom is -0.360 e. The molecule has 2 saturated carbocycles. The van der Waals surface area contributed by atoms with Crippen molar-refractivity contribution in [3.05, 3.63) is 65.2 Å². The monoisotopic (exact) mass is 561 g/mol. The van der Waals surface area contributed by atoms with Crippen LogP contribution in [0.4, 0.5) is 0 Å². The molecule has 1 atom stereocenters. The van der Waals surface area contributed by atoms with E-state index >= 15 is 0 Å². The number of rotatable bonds is 8. The number of aryl methyl sites for hydroxylation is 1. The summed E-state index contributed by atoms with van der Waals surface area (Å²) in [6, 6.07) is 3.06. The molecule has 5 rings (SSSR count). The Morgan fingerprint density at radius 1 is 1.18 bits per heavy atom. The molecule has 3 heterocycles. The third-order valence-electron chi connectivity index (χ3n) is 7.49. The molecule has 3 aliphatic rings. The lowest BCUT2D eigenvalue weighted by Gasteiger charge is -2.35. The zero-order valence-electron chi connectivity index (χ0n) is 23.6. The highest BCUT2D eigenvalue weighted by atomic mass is 32.2. The summed E-state index contributed by atoms with van der Waals surface area (Å²) in [7, 11) is -3.34. The molecule has 0 aromatic carbocycles. The minimum atomic E-state index is -3.34. The van der Waals surface area contributed by atoms with Gasteiger partial charge in [0.2, 0.25) is 0 Å². The number of aromatic nitrogens is 3. The molecule has 2 fully saturated rings. The van der Waals surface area contributed by atoms with Crippen LogP contribution in [0, 0.1) is 12.8 Å². The molecule has 1 aliphatic heterocycles. The van der Waals surface area contributed by atoms with Gasteiger partial charge in [-0.3, -0.25) is 14.7 Å². The van der Waals surface area contributed by atoms with E-state index in [2.05, 4.69) is 33.8 Å². The lowest BCUT2D eigenvalue weighted by molar-refractivity contribution is -0.122. The summed E-state index contributed by atoms with van der Waals surface area (Å²) in [5.41, 5.74) is 5.25. The van der Waals surface area contributed by atoms with Crippen molar-refractivity contribution < 1.29 is 13.2 Å². The maximum atomic E-state index is 13.9. The van der Waals surface area contributed by atoms with E-state index in [-0.39, 0.29) is 29.2 Å². The number of sulfone groups is 1. The van der Waals surface area contributed by atoms with Crippen LogP contribution in [-0.2, 0) is 21.2 Å². The van der Waals surface area contributed by atoms with Gasteiger partial charge in [-0.25, -0.2) is 28.4 Å². The molecule has 0 saturated heterocycles. The molecule has 40 heavy (non-hydrogen) atoms. The van der Waals surface area contributed by atoms with Gasteiger partial charge in [-0.05, 0) is 77.0 Å². The molecule has 11 heteroatoms. The molecule has 10 nitrogen and oxygen atoms in total. The van der Waals surface area contributed by atoms with E-state index in [0.717, 1.165) is 54.5 Å². The number of amides is 1. The number of carbonyl (C=O) groups is 1. The molecular weight excluding hydrogens is 526 g/mol. The highest BCUT2D eigenvalue weighted by Crippen LogP contribution is 2.43. The van der Waals surface area contributed by atoms with E-state index in [1.54, 1.807) is 17.3 Å². The van der Waals surface area contributed by atoms with Crippen molar-refractivity contribution in [1.29, 1.82) is 0 Å². The average Bonchev–Trinajstić information content (AvgIpc) is 3.81.